The number of aliphatic hydroxyl groups is 2. The van der Waals surface area contributed by atoms with Gasteiger partial charge in [0.2, 0.25) is 5.78 Å². The highest BCUT2D eigenvalue weighted by Crippen LogP contribution is 2.30. The molecule has 33 heavy (non-hydrogen) atoms. The summed E-state index contributed by atoms with van der Waals surface area (Å²) in [7, 11) is 0. The average Bonchev–Trinajstić information content (AvgIpc) is 3.45. The highest BCUT2D eigenvalue weighted by Gasteiger charge is 2.36. The molecule has 4 aromatic rings. The number of hydrogen-bond acceptors (Lipinski definition) is 10. The Bertz CT molecular complexity index is 1430. The lowest BCUT2D eigenvalue weighted by Crippen LogP contribution is -2.24. The molecule has 0 radical (unpaired) electrons. The molecule has 0 unspecified atom stereocenters. The summed E-state index contributed by atoms with van der Waals surface area (Å²) in [4.78, 5) is 43.1. The summed E-state index contributed by atoms with van der Waals surface area (Å²) >= 11 is 0. The summed E-state index contributed by atoms with van der Waals surface area (Å²) in [6.45, 7) is 4.65. The zero-order valence-electron chi connectivity index (χ0n) is 18.2. The smallest absolute Gasteiger partial charge is 0.312 e. The van der Waals surface area contributed by atoms with Crippen LogP contribution < -0.4 is 5.56 Å². The molecule has 0 bridgehead atoms. The molecule has 0 aromatic carbocycles. The lowest BCUT2D eigenvalue weighted by molar-refractivity contribution is -0.156. The van der Waals surface area contributed by atoms with Crippen LogP contribution in [-0.4, -0.2) is 68.5 Å². The van der Waals surface area contributed by atoms with Crippen molar-refractivity contribution in [3.8, 4) is 0 Å². The quantitative estimate of drug-likeness (QED) is 0.399. The van der Waals surface area contributed by atoms with Crippen LogP contribution in [0.5, 0.6) is 0 Å². The number of fused-ring (bicyclic) bond motifs is 4. The largest absolute Gasteiger partial charge is 0.443 e. The van der Waals surface area contributed by atoms with E-state index in [1.165, 1.54) is 27.7 Å². The molecule has 1 fully saturated rings. The number of ether oxygens (including phenoxy) is 2. The van der Waals surface area contributed by atoms with Crippen molar-refractivity contribution in [2.45, 2.75) is 52.4 Å². The van der Waals surface area contributed by atoms with Crippen molar-refractivity contribution >= 4 is 34.2 Å². The van der Waals surface area contributed by atoms with Crippen LogP contribution in [0, 0.1) is 5.41 Å². The lowest BCUT2D eigenvalue weighted by Gasteiger charge is -2.17. The van der Waals surface area contributed by atoms with Gasteiger partial charge in [-0.3, -0.25) is 18.7 Å². The van der Waals surface area contributed by atoms with Gasteiger partial charge in [0, 0.05) is 18.8 Å². The zero-order valence-corrected chi connectivity index (χ0v) is 18.2. The maximum absolute atomic E-state index is 13.4. The fourth-order valence-corrected chi connectivity index (χ4v) is 3.82. The fraction of sp³-hybridized carbons (Fsp3) is 0.500. The molecular weight excluding hydrogens is 434 g/mol. The molecule has 13 nitrogen and oxygen atoms in total. The highest BCUT2D eigenvalue weighted by atomic mass is 16.5. The Balaban J connectivity index is 1.68. The molecule has 1 aliphatic heterocycles. The first-order valence-corrected chi connectivity index (χ1v) is 10.4. The molecule has 1 saturated heterocycles. The van der Waals surface area contributed by atoms with Gasteiger partial charge in [-0.15, -0.1) is 0 Å². The van der Waals surface area contributed by atoms with Gasteiger partial charge >= 0.3 is 5.97 Å². The summed E-state index contributed by atoms with van der Waals surface area (Å²) in [6.07, 6.45) is 2.26. The zero-order chi connectivity index (χ0) is 23.5. The minimum absolute atomic E-state index is 0.0782. The molecule has 0 saturated carbocycles. The fourth-order valence-electron chi connectivity index (χ4n) is 3.82. The number of nitrogens with zero attached hydrogens (tertiary/aromatic N) is 7. The van der Waals surface area contributed by atoms with Crippen LogP contribution in [0.4, 0.5) is 0 Å². The van der Waals surface area contributed by atoms with Crippen LogP contribution in [0.2, 0.25) is 0 Å². The van der Waals surface area contributed by atoms with Gasteiger partial charge in [0.25, 0.3) is 5.56 Å². The maximum atomic E-state index is 13.4. The third kappa shape index (κ3) is 3.35. The molecule has 0 aliphatic carbocycles. The Morgan fingerprint density at radius 3 is 2.61 bits per heavy atom. The Kier molecular flexibility index (Phi) is 4.92. The minimum atomic E-state index is -0.862. The second-order valence-corrected chi connectivity index (χ2v) is 8.93. The Morgan fingerprint density at radius 2 is 1.94 bits per heavy atom. The Hall–Kier alpha value is -3.42. The van der Waals surface area contributed by atoms with Gasteiger partial charge in [0.15, 0.2) is 29.2 Å². The number of aromatic nitrogens is 7. The minimum Gasteiger partial charge on any atom is -0.443 e. The summed E-state index contributed by atoms with van der Waals surface area (Å²) in [6, 6.07) is 0. The molecule has 0 spiro atoms. The van der Waals surface area contributed by atoms with Gasteiger partial charge < -0.3 is 19.7 Å². The molecule has 5 rings (SSSR count). The van der Waals surface area contributed by atoms with Crippen LogP contribution in [-0.2, 0) is 21.0 Å². The Labute approximate surface area is 186 Å². The number of rotatable bonds is 4. The monoisotopic (exact) mass is 457 g/mol. The summed E-state index contributed by atoms with van der Waals surface area (Å²) in [5.74, 6) is -0.266. The van der Waals surface area contributed by atoms with E-state index in [1.807, 2.05) is 0 Å². The van der Waals surface area contributed by atoms with E-state index in [4.69, 9.17) is 9.47 Å². The predicted molar refractivity (Wildman–Crippen MR) is 113 cm³/mol. The van der Waals surface area contributed by atoms with Gasteiger partial charge in [-0.25, -0.2) is 19.4 Å². The van der Waals surface area contributed by atoms with E-state index < -0.39 is 35.4 Å². The van der Waals surface area contributed by atoms with Gasteiger partial charge in [-0.1, -0.05) is 0 Å². The molecule has 3 atom stereocenters. The van der Waals surface area contributed by atoms with E-state index in [0.717, 1.165) is 0 Å². The number of carbonyl (C=O) groups is 1. The maximum Gasteiger partial charge on any atom is 0.312 e. The average molecular weight is 457 g/mol. The van der Waals surface area contributed by atoms with Crippen molar-refractivity contribution < 1.29 is 24.5 Å². The van der Waals surface area contributed by atoms with Gasteiger partial charge in [0.05, 0.1) is 24.5 Å². The normalized spacial score (nSPS) is 21.4. The van der Waals surface area contributed by atoms with Gasteiger partial charge in [-0.2, -0.15) is 4.98 Å². The first-order valence-electron chi connectivity index (χ1n) is 10.4. The predicted octanol–water partition coefficient (Wildman–Crippen LogP) is -0.0236. The van der Waals surface area contributed by atoms with E-state index >= 15 is 0 Å². The van der Waals surface area contributed by atoms with Crippen molar-refractivity contribution in [2.75, 3.05) is 6.61 Å². The first kappa shape index (κ1) is 21.4. The number of aliphatic hydroxyl groups excluding tert-OH is 2. The van der Waals surface area contributed by atoms with E-state index in [9.17, 15) is 19.8 Å². The van der Waals surface area contributed by atoms with Crippen molar-refractivity contribution in [2.24, 2.45) is 5.41 Å². The second kappa shape index (κ2) is 7.57. The van der Waals surface area contributed by atoms with E-state index in [-0.39, 0.29) is 42.3 Å². The van der Waals surface area contributed by atoms with Gasteiger partial charge in [0.1, 0.15) is 12.3 Å². The molecule has 174 valence electrons. The van der Waals surface area contributed by atoms with Crippen LogP contribution in [0.15, 0.2) is 23.5 Å². The third-order valence-corrected chi connectivity index (χ3v) is 5.58. The molecule has 2 N–H and O–H groups in total. The molecule has 13 heteroatoms. The summed E-state index contributed by atoms with van der Waals surface area (Å²) in [5.41, 5.74) is -0.323. The van der Waals surface area contributed by atoms with Crippen LogP contribution in [0.25, 0.3) is 28.2 Å². The van der Waals surface area contributed by atoms with E-state index in [2.05, 4.69) is 19.9 Å². The molecular formula is C20H23N7O6. The highest BCUT2D eigenvalue weighted by molar-refractivity contribution is 5.79. The molecule has 5 heterocycles. The summed E-state index contributed by atoms with van der Waals surface area (Å²) < 4.78 is 15.5. The summed E-state index contributed by atoms with van der Waals surface area (Å²) in [5, 5.41) is 19.5. The van der Waals surface area contributed by atoms with E-state index in [0.29, 0.717) is 5.65 Å². The van der Waals surface area contributed by atoms with Crippen LogP contribution in [0.1, 0.15) is 33.4 Å². The van der Waals surface area contributed by atoms with E-state index in [1.54, 1.807) is 25.3 Å². The molecule has 4 aromatic heterocycles. The number of esters is 1. The number of hydrogen-bond donors (Lipinski definition) is 2. The van der Waals surface area contributed by atoms with Gasteiger partial charge in [-0.05, 0) is 20.8 Å². The van der Waals surface area contributed by atoms with Crippen LogP contribution in [0.3, 0.4) is 0 Å². The number of carbonyl (C=O) groups excluding carboxylic acids is 1. The third-order valence-electron chi connectivity index (χ3n) is 5.58. The molecule has 0 amide bonds. The van der Waals surface area contributed by atoms with Crippen LogP contribution >= 0.6 is 0 Å². The number of imidazole rings is 2. The standard InChI is InChI=1S/C20H23N7O6/c1-20(2,3)18(31)32-9-26-15-16(22-5-4-21-15)27-17(30)13-14(24-19(26)27)25(8-23-13)12-6-10(29)11(7-28)33-12/h4-5,8,10-12,28-29H,6-7,9H2,1-3H3/t10-,11+,12+/m0/s1. The first-order chi connectivity index (χ1) is 15.7. The SMILES string of the molecule is CC(C)(C)C(=O)OCn1c2nccnc2n2c(=O)c3ncn([C@H]4C[C@H](O)[C@@H](CO)O4)c3nc12. The van der Waals surface area contributed by atoms with Crippen molar-refractivity contribution in [3.05, 3.63) is 29.1 Å². The second-order valence-electron chi connectivity index (χ2n) is 8.93. The van der Waals surface area contributed by atoms with Crippen molar-refractivity contribution in [1.82, 2.24) is 33.5 Å². The molecule has 1 aliphatic rings. The van der Waals surface area contributed by atoms with Crippen molar-refractivity contribution in [1.29, 1.82) is 0 Å². The lowest BCUT2D eigenvalue weighted by atomic mass is 9.98. The topological polar surface area (TPSA) is 159 Å². The Morgan fingerprint density at radius 1 is 1.21 bits per heavy atom. The van der Waals surface area contributed by atoms with Crippen molar-refractivity contribution in [3.63, 3.8) is 0 Å².